The molecule has 0 N–H and O–H groups in total. The normalized spacial score (nSPS) is 23.7. The maximum Gasteiger partial charge on any atom is 0.180 e. The van der Waals surface area contributed by atoms with E-state index in [1.54, 1.807) is 20.3 Å². The summed E-state index contributed by atoms with van der Waals surface area (Å²) in [5.74, 6) is 1.40. The van der Waals surface area contributed by atoms with Crippen LogP contribution in [0.2, 0.25) is 0 Å². The number of carbonyl (C=O) groups is 1. The van der Waals surface area contributed by atoms with Crippen LogP contribution in [0, 0.1) is 0 Å². The third-order valence-corrected chi connectivity index (χ3v) is 3.87. The Morgan fingerprint density at radius 2 is 1.61 bits per heavy atom. The van der Waals surface area contributed by atoms with E-state index in [0.717, 1.165) is 11.1 Å². The maximum absolute atomic E-state index is 12.3. The van der Waals surface area contributed by atoms with Gasteiger partial charge in [-0.2, -0.15) is 0 Å². The Bertz CT molecular complexity index is 484. The van der Waals surface area contributed by atoms with E-state index < -0.39 is 0 Å². The fraction of sp³-hybridized carbons (Fsp3) is 0.500. The molecule has 0 bridgehead atoms. The number of ketones is 1. The number of ether oxygens (including phenoxy) is 2. The highest BCUT2D eigenvalue weighted by Crippen LogP contribution is 2.38. The second-order valence-electron chi connectivity index (χ2n) is 4.68. The number of carbonyl (C=O) groups excluding carboxylic acids is 1. The number of fused-ring (bicyclic) bond motifs is 1. The van der Waals surface area contributed by atoms with Crippen molar-refractivity contribution in [3.8, 4) is 11.5 Å². The molecule has 1 aliphatic rings. The molecule has 1 aliphatic heterocycles. The predicted octanol–water partition coefficient (Wildman–Crippen LogP) is 2.28. The van der Waals surface area contributed by atoms with E-state index in [4.69, 9.17) is 9.47 Å². The Balaban J connectivity index is 2.62. The molecule has 4 nitrogen and oxygen atoms in total. The Morgan fingerprint density at radius 3 is 2.17 bits per heavy atom. The third kappa shape index (κ3) is 1.77. The molecule has 0 aliphatic carbocycles. The number of rotatable bonds is 2. The van der Waals surface area contributed by atoms with Crippen LogP contribution in [0.15, 0.2) is 12.1 Å². The molecular formula is C14H19NO3. The first-order chi connectivity index (χ1) is 8.51. The van der Waals surface area contributed by atoms with Crippen LogP contribution in [0.4, 0.5) is 0 Å². The van der Waals surface area contributed by atoms with Gasteiger partial charge in [0.1, 0.15) is 0 Å². The summed E-state index contributed by atoms with van der Waals surface area (Å²) >= 11 is 0. The van der Waals surface area contributed by atoms with Gasteiger partial charge in [-0.15, -0.1) is 0 Å². The number of hydrogen-bond acceptors (Lipinski definition) is 4. The molecule has 1 aromatic rings. The topological polar surface area (TPSA) is 38.8 Å². The fourth-order valence-electron chi connectivity index (χ4n) is 2.42. The Kier molecular flexibility index (Phi) is 3.30. The van der Waals surface area contributed by atoms with E-state index in [9.17, 15) is 4.79 Å². The van der Waals surface area contributed by atoms with Crippen molar-refractivity contribution in [2.45, 2.75) is 25.9 Å². The molecule has 1 aromatic carbocycles. The van der Waals surface area contributed by atoms with Gasteiger partial charge in [0.05, 0.1) is 20.3 Å². The first kappa shape index (κ1) is 12.9. The summed E-state index contributed by atoms with van der Waals surface area (Å²) in [5, 5.41) is 0. The molecule has 2 atom stereocenters. The average Bonchev–Trinajstić information content (AvgIpc) is 2.41. The zero-order chi connectivity index (χ0) is 13.4. The van der Waals surface area contributed by atoms with Gasteiger partial charge >= 0.3 is 0 Å². The standard InChI is InChI=1S/C14H19NO3/c1-8-10-6-12(17-4)13(18-5)7-11(10)14(16)9(2)15(8)3/h6-9H,1-5H3. The summed E-state index contributed by atoms with van der Waals surface area (Å²) < 4.78 is 10.6. The SMILES string of the molecule is COc1cc2c(cc1OC)C(C)N(C)C(C)C2=O. The van der Waals surface area contributed by atoms with Gasteiger partial charge in [0.2, 0.25) is 0 Å². The first-order valence-electron chi connectivity index (χ1n) is 6.03. The van der Waals surface area contributed by atoms with Crippen LogP contribution in [0.25, 0.3) is 0 Å². The summed E-state index contributed by atoms with van der Waals surface area (Å²) in [6.07, 6.45) is 0. The third-order valence-electron chi connectivity index (χ3n) is 3.87. The van der Waals surface area contributed by atoms with E-state index in [2.05, 4.69) is 11.8 Å². The number of methoxy groups -OCH3 is 2. The smallest absolute Gasteiger partial charge is 0.180 e. The van der Waals surface area contributed by atoms with Crippen LogP contribution in [0.1, 0.15) is 35.8 Å². The lowest BCUT2D eigenvalue weighted by Gasteiger charge is -2.36. The number of nitrogens with zero attached hydrogens (tertiary/aromatic N) is 1. The minimum atomic E-state index is -0.106. The zero-order valence-corrected chi connectivity index (χ0v) is 11.5. The summed E-state index contributed by atoms with van der Waals surface area (Å²) in [6.45, 7) is 4.02. The van der Waals surface area contributed by atoms with E-state index in [-0.39, 0.29) is 17.9 Å². The molecule has 0 aromatic heterocycles. The number of benzene rings is 1. The molecule has 2 rings (SSSR count). The molecule has 0 saturated heterocycles. The van der Waals surface area contributed by atoms with Crippen molar-refractivity contribution in [3.05, 3.63) is 23.3 Å². The van der Waals surface area contributed by atoms with E-state index >= 15 is 0 Å². The lowest BCUT2D eigenvalue weighted by atomic mass is 9.88. The maximum atomic E-state index is 12.3. The van der Waals surface area contributed by atoms with Gasteiger partial charge in [0, 0.05) is 11.6 Å². The lowest BCUT2D eigenvalue weighted by molar-refractivity contribution is 0.0783. The van der Waals surface area contributed by atoms with Crippen molar-refractivity contribution >= 4 is 5.78 Å². The number of hydrogen-bond donors (Lipinski definition) is 0. The minimum Gasteiger partial charge on any atom is -0.493 e. The monoisotopic (exact) mass is 249 g/mol. The van der Waals surface area contributed by atoms with Gasteiger partial charge < -0.3 is 9.47 Å². The molecule has 0 radical (unpaired) electrons. The molecule has 1 heterocycles. The van der Waals surface area contributed by atoms with Gasteiger partial charge in [-0.1, -0.05) is 0 Å². The summed E-state index contributed by atoms with van der Waals surface area (Å²) in [7, 11) is 5.15. The van der Waals surface area contributed by atoms with Crippen LogP contribution in [-0.2, 0) is 0 Å². The average molecular weight is 249 g/mol. The summed E-state index contributed by atoms with van der Waals surface area (Å²) in [5.41, 5.74) is 1.74. The van der Waals surface area contributed by atoms with E-state index in [1.165, 1.54) is 0 Å². The zero-order valence-electron chi connectivity index (χ0n) is 11.5. The fourth-order valence-corrected chi connectivity index (χ4v) is 2.42. The van der Waals surface area contributed by atoms with Crippen molar-refractivity contribution in [1.29, 1.82) is 0 Å². The molecule has 2 unspecified atom stereocenters. The number of Topliss-reactive ketones (excluding diaryl/α,β-unsaturated/α-hetero) is 1. The lowest BCUT2D eigenvalue weighted by Crippen LogP contribution is -2.42. The molecule has 0 saturated carbocycles. The van der Waals surface area contributed by atoms with Crippen LogP contribution >= 0.6 is 0 Å². The molecule has 0 amide bonds. The van der Waals surface area contributed by atoms with Crippen molar-refractivity contribution in [3.63, 3.8) is 0 Å². The van der Waals surface area contributed by atoms with Crippen molar-refractivity contribution in [2.24, 2.45) is 0 Å². The van der Waals surface area contributed by atoms with Gasteiger partial charge in [0.15, 0.2) is 17.3 Å². The van der Waals surface area contributed by atoms with Gasteiger partial charge in [-0.05, 0) is 38.6 Å². The molecule has 18 heavy (non-hydrogen) atoms. The predicted molar refractivity (Wildman–Crippen MR) is 69.5 cm³/mol. The quantitative estimate of drug-likeness (QED) is 0.806. The molecule has 0 fully saturated rings. The van der Waals surface area contributed by atoms with Gasteiger partial charge in [-0.25, -0.2) is 0 Å². The first-order valence-corrected chi connectivity index (χ1v) is 6.03. The Hall–Kier alpha value is -1.55. The minimum absolute atomic E-state index is 0.106. The largest absolute Gasteiger partial charge is 0.493 e. The van der Waals surface area contributed by atoms with Crippen LogP contribution in [-0.4, -0.2) is 38.0 Å². The van der Waals surface area contributed by atoms with Crippen molar-refractivity contribution < 1.29 is 14.3 Å². The Morgan fingerprint density at radius 1 is 1.06 bits per heavy atom. The number of likely N-dealkylation sites (N-methyl/N-ethyl adjacent to an activating group) is 1. The highest BCUT2D eigenvalue weighted by Gasteiger charge is 2.34. The highest BCUT2D eigenvalue weighted by molar-refractivity contribution is 6.03. The van der Waals surface area contributed by atoms with E-state index in [0.29, 0.717) is 11.5 Å². The van der Waals surface area contributed by atoms with Crippen molar-refractivity contribution in [2.75, 3.05) is 21.3 Å². The summed E-state index contributed by atoms with van der Waals surface area (Å²) in [6, 6.07) is 3.77. The second kappa shape index (κ2) is 4.61. The van der Waals surface area contributed by atoms with Crippen LogP contribution in [0.3, 0.4) is 0 Å². The molecule has 0 spiro atoms. The summed E-state index contributed by atoms with van der Waals surface area (Å²) in [4.78, 5) is 14.4. The molecular weight excluding hydrogens is 230 g/mol. The second-order valence-corrected chi connectivity index (χ2v) is 4.68. The molecule has 98 valence electrons. The van der Waals surface area contributed by atoms with Crippen LogP contribution < -0.4 is 9.47 Å². The molecule has 4 heteroatoms. The van der Waals surface area contributed by atoms with Crippen molar-refractivity contribution in [1.82, 2.24) is 4.90 Å². The van der Waals surface area contributed by atoms with Gasteiger partial charge in [-0.3, -0.25) is 9.69 Å². The van der Waals surface area contributed by atoms with E-state index in [1.807, 2.05) is 20.0 Å². The van der Waals surface area contributed by atoms with Crippen LogP contribution in [0.5, 0.6) is 11.5 Å². The van der Waals surface area contributed by atoms with Gasteiger partial charge in [0.25, 0.3) is 0 Å². The highest BCUT2D eigenvalue weighted by atomic mass is 16.5. The Labute approximate surface area is 107 Å².